The van der Waals surface area contributed by atoms with Crippen LogP contribution in [-0.2, 0) is 16.1 Å². The molecule has 2 saturated carbocycles. The molecule has 60 heavy (non-hydrogen) atoms. The fourth-order valence-corrected chi connectivity index (χ4v) is 9.95. The van der Waals surface area contributed by atoms with Gasteiger partial charge in [-0.3, -0.25) is 38.9 Å². The zero-order valence-electron chi connectivity index (χ0n) is 34.7. The van der Waals surface area contributed by atoms with Crippen LogP contribution in [0.1, 0.15) is 89.4 Å². The number of ketones is 2. The zero-order chi connectivity index (χ0) is 41.0. The molecule has 1 atom stereocenters. The fraction of sp³-hybridized carbons (Fsp3) is 0.543. The van der Waals surface area contributed by atoms with Gasteiger partial charge in [-0.25, -0.2) is 9.97 Å². The molecule has 5 aliphatic heterocycles. The van der Waals surface area contributed by atoms with Crippen molar-refractivity contribution in [1.29, 1.82) is 0 Å². The second-order valence-electron chi connectivity index (χ2n) is 18.1. The summed E-state index contributed by atoms with van der Waals surface area (Å²) < 4.78 is 6.26. The molecule has 314 valence electrons. The molecule has 2 aromatic carbocycles. The number of carbonyl (C=O) groups is 4. The third-order valence-corrected chi connectivity index (χ3v) is 14.0. The molecule has 0 bridgehead atoms. The van der Waals surface area contributed by atoms with Crippen molar-refractivity contribution >= 4 is 40.6 Å². The first-order valence-electron chi connectivity index (χ1n) is 22.1. The Kier molecular flexibility index (Phi) is 10.5. The van der Waals surface area contributed by atoms with Crippen molar-refractivity contribution in [2.75, 3.05) is 94.9 Å². The molecule has 1 aromatic heterocycles. The molecule has 6 heterocycles. The molecule has 2 amide bonds. The molecule has 0 spiro atoms. The number of anilines is 2. The number of imide groups is 1. The molecule has 5 fully saturated rings. The Balaban J connectivity index is 0.644. The SMILES string of the molecule is CC1(Oc2ccc3c(c2)C(c2cc(N4CCN(CCN5CCC(CN6CCN(c7ccc8c(c7)C(=O)N(C7CCC(=O)CC7=O)C8=O)CC6)CC5)CC4)ncn2)=NC3)CC1. The molecule has 10 rings (SSSR count). The van der Waals surface area contributed by atoms with Gasteiger partial charge in [0.1, 0.15) is 29.3 Å². The average molecular weight is 814 g/mol. The number of rotatable bonds is 11. The standard InChI is InChI=1S/C46H55N9O5/c1-46(10-11-46)60-35-5-2-32-28-47-43(37(32)26-35)39-27-42(49-30-48-39)54-22-16-51(17-23-54)15-14-50-12-8-31(9-13-50)29-52-18-20-53(21-19-52)33-3-6-36-38(24-33)45(59)55(44(36)58)40-7-4-34(56)25-41(40)57/h2-3,5-6,24,26-27,30-31,40H,4,7-23,25,28-29H2,1H3. The fourth-order valence-electron chi connectivity index (χ4n) is 9.95. The first-order valence-corrected chi connectivity index (χ1v) is 22.1. The van der Waals surface area contributed by atoms with E-state index < -0.39 is 17.9 Å². The van der Waals surface area contributed by atoms with Crippen molar-refractivity contribution < 1.29 is 23.9 Å². The largest absolute Gasteiger partial charge is 0.488 e. The van der Waals surface area contributed by atoms with Crippen LogP contribution in [-0.4, -0.2) is 155 Å². The van der Waals surface area contributed by atoms with Crippen LogP contribution in [0.4, 0.5) is 11.5 Å². The van der Waals surface area contributed by atoms with E-state index in [0.29, 0.717) is 23.6 Å². The van der Waals surface area contributed by atoms with Crippen molar-refractivity contribution in [2.24, 2.45) is 10.9 Å². The maximum Gasteiger partial charge on any atom is 0.262 e. The predicted octanol–water partition coefficient (Wildman–Crippen LogP) is 3.70. The van der Waals surface area contributed by atoms with Gasteiger partial charge < -0.3 is 19.4 Å². The number of hydrogen-bond acceptors (Lipinski definition) is 13. The number of Topliss-reactive ketones (excluding diaryl/α,β-unsaturated/α-hetero) is 2. The minimum absolute atomic E-state index is 0.0215. The Labute approximate surface area is 351 Å². The van der Waals surface area contributed by atoms with E-state index in [4.69, 9.17) is 9.73 Å². The van der Waals surface area contributed by atoms with Gasteiger partial charge >= 0.3 is 0 Å². The summed E-state index contributed by atoms with van der Waals surface area (Å²) in [6.07, 6.45) is 6.57. The number of carbonyl (C=O) groups excluding carboxylic acids is 4. The monoisotopic (exact) mass is 813 g/mol. The second kappa shape index (κ2) is 16.1. The highest BCUT2D eigenvalue weighted by Crippen LogP contribution is 2.40. The number of aliphatic imine (C=N–C) groups is 1. The van der Waals surface area contributed by atoms with E-state index in [1.54, 1.807) is 12.4 Å². The van der Waals surface area contributed by atoms with E-state index in [0.717, 1.165) is 137 Å². The lowest BCUT2D eigenvalue weighted by Gasteiger charge is -2.40. The van der Waals surface area contributed by atoms with Gasteiger partial charge in [0, 0.05) is 95.7 Å². The van der Waals surface area contributed by atoms with Gasteiger partial charge in [-0.05, 0) is 93.9 Å². The lowest BCUT2D eigenvalue weighted by atomic mass is 9.92. The summed E-state index contributed by atoms with van der Waals surface area (Å²) in [5.74, 6) is 1.26. The molecule has 14 nitrogen and oxygen atoms in total. The van der Waals surface area contributed by atoms with Crippen LogP contribution in [0.25, 0.3) is 0 Å². The molecule has 7 aliphatic rings. The van der Waals surface area contributed by atoms with Gasteiger partial charge in [-0.2, -0.15) is 0 Å². The van der Waals surface area contributed by atoms with Crippen molar-refractivity contribution in [3.63, 3.8) is 0 Å². The van der Waals surface area contributed by atoms with Gasteiger partial charge in [-0.15, -0.1) is 0 Å². The normalized spacial score (nSPS) is 23.9. The first-order chi connectivity index (χ1) is 29.2. The number of ether oxygens (including phenoxy) is 1. The van der Waals surface area contributed by atoms with Gasteiger partial charge in [-0.1, -0.05) is 6.07 Å². The van der Waals surface area contributed by atoms with Crippen LogP contribution in [0.15, 0.2) is 53.8 Å². The van der Waals surface area contributed by atoms with E-state index in [9.17, 15) is 19.2 Å². The highest BCUT2D eigenvalue weighted by molar-refractivity contribution is 6.24. The molecule has 3 saturated heterocycles. The third-order valence-electron chi connectivity index (χ3n) is 14.0. The van der Waals surface area contributed by atoms with Crippen LogP contribution in [0.3, 0.4) is 0 Å². The number of hydrogen-bond donors (Lipinski definition) is 0. The number of piperidine rings is 1. The summed E-state index contributed by atoms with van der Waals surface area (Å²) in [7, 11) is 0. The summed E-state index contributed by atoms with van der Waals surface area (Å²) in [5.41, 5.74) is 5.76. The second-order valence-corrected chi connectivity index (χ2v) is 18.1. The van der Waals surface area contributed by atoms with E-state index in [2.05, 4.69) is 65.7 Å². The quantitative estimate of drug-likeness (QED) is 0.207. The minimum Gasteiger partial charge on any atom is -0.488 e. The van der Waals surface area contributed by atoms with Gasteiger partial charge in [0.15, 0.2) is 5.78 Å². The highest BCUT2D eigenvalue weighted by Gasteiger charge is 2.45. The maximum absolute atomic E-state index is 13.4. The number of aromatic nitrogens is 2. The molecular formula is C46H55N9O5. The van der Waals surface area contributed by atoms with Crippen LogP contribution in [0.2, 0.25) is 0 Å². The zero-order valence-corrected chi connectivity index (χ0v) is 34.7. The predicted molar refractivity (Wildman–Crippen MR) is 227 cm³/mol. The van der Waals surface area contributed by atoms with E-state index >= 15 is 0 Å². The van der Waals surface area contributed by atoms with Crippen molar-refractivity contribution in [2.45, 2.75) is 70.1 Å². The molecule has 2 aliphatic carbocycles. The maximum atomic E-state index is 13.4. The Morgan fingerprint density at radius 2 is 1.43 bits per heavy atom. The molecule has 3 aromatic rings. The van der Waals surface area contributed by atoms with Crippen molar-refractivity contribution in [3.8, 4) is 5.75 Å². The Morgan fingerprint density at radius 3 is 2.18 bits per heavy atom. The van der Waals surface area contributed by atoms with E-state index in [1.807, 2.05) is 12.1 Å². The van der Waals surface area contributed by atoms with Gasteiger partial charge in [0.25, 0.3) is 11.8 Å². The molecule has 1 unspecified atom stereocenters. The lowest BCUT2D eigenvalue weighted by molar-refractivity contribution is -0.132. The topological polar surface area (TPSA) is 135 Å². The van der Waals surface area contributed by atoms with Crippen molar-refractivity contribution in [1.82, 2.24) is 29.6 Å². The third kappa shape index (κ3) is 7.96. The summed E-state index contributed by atoms with van der Waals surface area (Å²) in [6.45, 7) is 16.0. The van der Waals surface area contributed by atoms with Crippen LogP contribution < -0.4 is 14.5 Å². The van der Waals surface area contributed by atoms with E-state index in [1.165, 1.54) is 18.4 Å². The first kappa shape index (κ1) is 39.1. The van der Waals surface area contributed by atoms with Gasteiger partial charge in [0.05, 0.1) is 41.5 Å². The Morgan fingerprint density at radius 1 is 0.717 bits per heavy atom. The smallest absolute Gasteiger partial charge is 0.262 e. The average Bonchev–Trinajstić information content (AvgIpc) is 3.75. The van der Waals surface area contributed by atoms with Crippen LogP contribution >= 0.6 is 0 Å². The van der Waals surface area contributed by atoms with Crippen molar-refractivity contribution in [3.05, 3.63) is 76.7 Å². The molecule has 0 radical (unpaired) electrons. The summed E-state index contributed by atoms with van der Waals surface area (Å²) in [4.78, 5) is 78.6. The number of piperazine rings is 2. The number of likely N-dealkylation sites (tertiary alicyclic amines) is 1. The highest BCUT2D eigenvalue weighted by atomic mass is 16.5. The van der Waals surface area contributed by atoms with Crippen LogP contribution in [0, 0.1) is 5.92 Å². The van der Waals surface area contributed by atoms with E-state index in [-0.39, 0.29) is 36.4 Å². The summed E-state index contributed by atoms with van der Waals surface area (Å²) in [5, 5.41) is 0. The number of nitrogens with zero attached hydrogens (tertiary/aromatic N) is 9. The number of benzene rings is 2. The Bertz CT molecular complexity index is 2220. The number of fused-ring (bicyclic) bond motifs is 2. The van der Waals surface area contributed by atoms with Crippen LogP contribution in [0.5, 0.6) is 5.75 Å². The Hall–Kier alpha value is -5.05. The van der Waals surface area contributed by atoms with Gasteiger partial charge in [0.2, 0.25) is 0 Å². The lowest BCUT2D eigenvalue weighted by Crippen LogP contribution is -2.50. The molecular weight excluding hydrogens is 759 g/mol. The summed E-state index contributed by atoms with van der Waals surface area (Å²) >= 11 is 0. The number of amides is 2. The molecule has 0 N–H and O–H groups in total. The minimum atomic E-state index is -0.842. The summed E-state index contributed by atoms with van der Waals surface area (Å²) in [6, 6.07) is 13.1. The molecule has 14 heteroatoms.